The van der Waals surface area contributed by atoms with E-state index in [2.05, 4.69) is 20.9 Å². The number of carbonyl (C=O) groups is 2. The van der Waals surface area contributed by atoms with E-state index in [1.807, 2.05) is 12.1 Å². The number of nitrogens with zero attached hydrogens (tertiary/aromatic N) is 2. The first-order chi connectivity index (χ1) is 18.8. The van der Waals surface area contributed by atoms with Crippen LogP contribution in [0.25, 0.3) is 0 Å². The fourth-order valence-electron chi connectivity index (χ4n) is 4.07. The van der Waals surface area contributed by atoms with E-state index in [1.165, 1.54) is 18.3 Å². The van der Waals surface area contributed by atoms with Crippen molar-refractivity contribution in [2.45, 2.75) is 25.0 Å². The Morgan fingerprint density at radius 1 is 1.15 bits per heavy atom. The van der Waals surface area contributed by atoms with Crippen molar-refractivity contribution in [1.82, 2.24) is 20.5 Å². The van der Waals surface area contributed by atoms with Gasteiger partial charge in [-0.1, -0.05) is 29.8 Å². The van der Waals surface area contributed by atoms with E-state index in [1.54, 1.807) is 47.4 Å². The van der Waals surface area contributed by atoms with Gasteiger partial charge in [-0.2, -0.15) is 9.37 Å². The summed E-state index contributed by atoms with van der Waals surface area (Å²) in [5.41, 5.74) is 1.44. The number of aliphatic hydroxyl groups is 1. The minimum atomic E-state index is -0.843. The first-order valence-corrected chi connectivity index (χ1v) is 12.5. The molecule has 3 aromatic rings. The number of ether oxygens (including phenoxy) is 2. The van der Waals surface area contributed by atoms with Gasteiger partial charge in [0.1, 0.15) is 11.3 Å². The third kappa shape index (κ3) is 6.63. The second-order valence-electron chi connectivity index (χ2n) is 8.97. The van der Waals surface area contributed by atoms with Gasteiger partial charge < -0.3 is 35.4 Å². The van der Waals surface area contributed by atoms with Gasteiger partial charge in [-0.3, -0.25) is 9.59 Å². The van der Waals surface area contributed by atoms with Crippen LogP contribution in [-0.4, -0.2) is 58.5 Å². The molecule has 5 rings (SSSR count). The quantitative estimate of drug-likeness (QED) is 0.248. The highest BCUT2D eigenvalue weighted by Gasteiger charge is 2.34. The standard InChI is InChI=1S/C27H25ClFN5O5/c28-17-6-4-16(5-7-17)12-34-13-20(25(36)31-21-14-38-15-22(21)35)26(37)33-27(34)30-18-8-10-19(11-9-18)39-24-3-1-2-23(29)32-24/h1-11,13,21-22,27,30,35H,12,14-15H2,(H,31,36)(H,33,37)/t21-,22-,27?/m0/s1. The van der Waals surface area contributed by atoms with Gasteiger partial charge in [-0.05, 0) is 48.0 Å². The smallest absolute Gasteiger partial charge is 0.261 e. The van der Waals surface area contributed by atoms with Crippen molar-refractivity contribution in [3.8, 4) is 11.6 Å². The monoisotopic (exact) mass is 553 g/mol. The number of pyridine rings is 1. The van der Waals surface area contributed by atoms with Crippen LogP contribution in [-0.2, 0) is 20.9 Å². The Morgan fingerprint density at radius 2 is 1.92 bits per heavy atom. The summed E-state index contributed by atoms with van der Waals surface area (Å²) in [6, 6.07) is 17.7. The molecule has 202 valence electrons. The van der Waals surface area contributed by atoms with Crippen LogP contribution in [0.3, 0.4) is 0 Å². The molecule has 2 aliphatic heterocycles. The molecule has 2 aromatic carbocycles. The van der Waals surface area contributed by atoms with Crippen LogP contribution in [0, 0.1) is 5.95 Å². The molecule has 3 heterocycles. The van der Waals surface area contributed by atoms with Crippen LogP contribution in [0.1, 0.15) is 5.56 Å². The summed E-state index contributed by atoms with van der Waals surface area (Å²) in [5, 5.41) is 19.3. The lowest BCUT2D eigenvalue weighted by atomic mass is 10.1. The number of hydrogen-bond donors (Lipinski definition) is 4. The highest BCUT2D eigenvalue weighted by Crippen LogP contribution is 2.24. The second-order valence-corrected chi connectivity index (χ2v) is 9.41. The molecule has 12 heteroatoms. The second kappa shape index (κ2) is 11.7. The van der Waals surface area contributed by atoms with E-state index in [4.69, 9.17) is 21.1 Å². The number of halogens is 2. The number of aromatic nitrogens is 1. The number of amides is 2. The van der Waals surface area contributed by atoms with E-state index in [9.17, 15) is 19.1 Å². The van der Waals surface area contributed by atoms with Gasteiger partial charge in [0.25, 0.3) is 11.8 Å². The number of aliphatic hydroxyl groups excluding tert-OH is 1. The number of rotatable bonds is 8. The van der Waals surface area contributed by atoms with Crippen molar-refractivity contribution < 1.29 is 28.6 Å². The van der Waals surface area contributed by atoms with Crippen LogP contribution in [0.2, 0.25) is 5.02 Å². The fourth-order valence-corrected chi connectivity index (χ4v) is 4.20. The lowest BCUT2D eigenvalue weighted by Gasteiger charge is -2.36. The molecule has 2 amide bonds. The summed E-state index contributed by atoms with van der Waals surface area (Å²) in [5.74, 6) is -1.27. The molecule has 2 aliphatic rings. The zero-order valence-electron chi connectivity index (χ0n) is 20.5. The maximum atomic E-state index is 13.3. The highest BCUT2D eigenvalue weighted by molar-refractivity contribution is 6.30. The van der Waals surface area contributed by atoms with Crippen LogP contribution in [0.5, 0.6) is 11.6 Å². The van der Waals surface area contributed by atoms with Crippen molar-refractivity contribution in [2.24, 2.45) is 0 Å². The van der Waals surface area contributed by atoms with Crippen LogP contribution in [0.15, 0.2) is 78.5 Å². The Kier molecular flexibility index (Phi) is 7.92. The third-order valence-electron chi connectivity index (χ3n) is 6.10. The molecule has 0 aliphatic carbocycles. The molecule has 0 spiro atoms. The summed E-state index contributed by atoms with van der Waals surface area (Å²) in [4.78, 5) is 31.3. The predicted octanol–water partition coefficient (Wildman–Crippen LogP) is 2.75. The number of hydrogen-bond acceptors (Lipinski definition) is 8. The van der Waals surface area contributed by atoms with Crippen molar-refractivity contribution in [2.75, 3.05) is 18.5 Å². The SMILES string of the molecule is O=C1NC(Nc2ccc(Oc3cccc(F)n3)cc2)N(Cc2ccc(Cl)cc2)C=C1C(=O)N[C@H]1COC[C@@H]1O. The van der Waals surface area contributed by atoms with Crippen molar-refractivity contribution >= 4 is 29.1 Å². The summed E-state index contributed by atoms with van der Waals surface area (Å²) in [7, 11) is 0. The Balaban J connectivity index is 1.33. The van der Waals surface area contributed by atoms with E-state index in [-0.39, 0.29) is 24.7 Å². The molecule has 1 unspecified atom stereocenters. The maximum absolute atomic E-state index is 13.3. The summed E-state index contributed by atoms with van der Waals surface area (Å²) in [6.07, 6.45) is -0.0679. The highest BCUT2D eigenvalue weighted by atomic mass is 35.5. The van der Waals surface area contributed by atoms with Gasteiger partial charge in [0, 0.05) is 29.5 Å². The molecule has 39 heavy (non-hydrogen) atoms. The average molecular weight is 554 g/mol. The molecule has 1 fully saturated rings. The predicted molar refractivity (Wildman–Crippen MR) is 140 cm³/mol. The van der Waals surface area contributed by atoms with Crippen LogP contribution in [0.4, 0.5) is 10.1 Å². The zero-order valence-corrected chi connectivity index (χ0v) is 21.3. The van der Waals surface area contributed by atoms with Crippen LogP contribution >= 0.6 is 11.6 Å². The fraction of sp³-hybridized carbons (Fsp3) is 0.222. The largest absolute Gasteiger partial charge is 0.439 e. The molecule has 1 aromatic heterocycles. The van der Waals surface area contributed by atoms with Gasteiger partial charge in [0.05, 0.1) is 25.4 Å². The minimum Gasteiger partial charge on any atom is -0.439 e. The minimum absolute atomic E-state index is 0.104. The van der Waals surface area contributed by atoms with Crippen molar-refractivity contribution in [3.63, 3.8) is 0 Å². The van der Waals surface area contributed by atoms with Crippen molar-refractivity contribution in [1.29, 1.82) is 0 Å². The van der Waals surface area contributed by atoms with Gasteiger partial charge in [0.2, 0.25) is 11.8 Å². The molecular weight excluding hydrogens is 529 g/mol. The summed E-state index contributed by atoms with van der Waals surface area (Å²) < 4.78 is 24.1. The first kappa shape index (κ1) is 26.4. The summed E-state index contributed by atoms with van der Waals surface area (Å²) in [6.45, 7) is 0.621. The molecule has 1 saturated heterocycles. The third-order valence-corrected chi connectivity index (χ3v) is 6.35. The van der Waals surface area contributed by atoms with Crippen LogP contribution < -0.4 is 20.7 Å². The molecule has 0 radical (unpaired) electrons. The van der Waals surface area contributed by atoms with Gasteiger partial charge in [-0.25, -0.2) is 0 Å². The first-order valence-electron chi connectivity index (χ1n) is 12.1. The Morgan fingerprint density at radius 3 is 2.62 bits per heavy atom. The lowest BCUT2D eigenvalue weighted by Crippen LogP contribution is -2.56. The number of anilines is 1. The number of benzene rings is 2. The van der Waals surface area contributed by atoms with E-state index < -0.39 is 36.2 Å². The van der Waals surface area contributed by atoms with E-state index in [0.29, 0.717) is 23.0 Å². The topological polar surface area (TPSA) is 125 Å². The lowest BCUT2D eigenvalue weighted by molar-refractivity contribution is -0.126. The maximum Gasteiger partial charge on any atom is 0.261 e. The number of nitrogens with one attached hydrogen (secondary N) is 3. The molecule has 0 saturated carbocycles. The van der Waals surface area contributed by atoms with Gasteiger partial charge >= 0.3 is 0 Å². The Hall–Kier alpha value is -4.19. The normalized spacial score (nSPS) is 20.7. The molecule has 4 N–H and O–H groups in total. The van der Waals surface area contributed by atoms with E-state index in [0.717, 1.165) is 5.56 Å². The van der Waals surface area contributed by atoms with E-state index >= 15 is 0 Å². The Bertz CT molecular complexity index is 1370. The molecule has 3 atom stereocenters. The molecular formula is C27H25ClFN5O5. The average Bonchev–Trinajstić information content (AvgIpc) is 3.32. The Labute approximate surface area is 228 Å². The summed E-state index contributed by atoms with van der Waals surface area (Å²) >= 11 is 6.03. The van der Waals surface area contributed by atoms with Crippen molar-refractivity contribution in [3.05, 3.63) is 95.0 Å². The number of carbonyl (C=O) groups excluding carboxylic acids is 2. The van der Waals surface area contributed by atoms with Gasteiger partial charge in [0.15, 0.2) is 6.29 Å². The molecule has 0 bridgehead atoms. The van der Waals surface area contributed by atoms with Gasteiger partial charge in [-0.15, -0.1) is 0 Å². The molecule has 10 nitrogen and oxygen atoms in total. The zero-order chi connectivity index (χ0) is 27.4.